The van der Waals surface area contributed by atoms with Gasteiger partial charge < -0.3 is 15.0 Å². The van der Waals surface area contributed by atoms with E-state index in [9.17, 15) is 4.79 Å². The summed E-state index contributed by atoms with van der Waals surface area (Å²) in [7, 11) is 1.37. The van der Waals surface area contributed by atoms with Gasteiger partial charge in [0.2, 0.25) is 0 Å². The van der Waals surface area contributed by atoms with Crippen LogP contribution in [-0.4, -0.2) is 18.1 Å². The minimum Gasteiger partial charge on any atom is -0.464 e. The third-order valence-corrected chi connectivity index (χ3v) is 3.05. The lowest BCUT2D eigenvalue weighted by Gasteiger charge is -2.13. The zero-order valence-electron chi connectivity index (χ0n) is 11.1. The Kier molecular flexibility index (Phi) is 4.36. The lowest BCUT2D eigenvalue weighted by molar-refractivity contribution is 0.0594. The number of hydrogen-bond donors (Lipinski definition) is 2. The molecule has 0 unspecified atom stereocenters. The van der Waals surface area contributed by atoms with Gasteiger partial charge in [0.25, 0.3) is 0 Å². The van der Waals surface area contributed by atoms with E-state index in [0.29, 0.717) is 12.2 Å². The van der Waals surface area contributed by atoms with Crippen molar-refractivity contribution in [2.24, 2.45) is 0 Å². The number of aromatic amines is 1. The monoisotopic (exact) mass is 258 g/mol. The first-order valence-corrected chi connectivity index (χ1v) is 6.25. The lowest BCUT2D eigenvalue weighted by atomic mass is 10.1. The van der Waals surface area contributed by atoms with Crippen LogP contribution in [0.1, 0.15) is 34.7 Å². The number of H-pyrrole nitrogens is 1. The van der Waals surface area contributed by atoms with Crippen LogP contribution in [0, 0.1) is 0 Å². The fourth-order valence-electron chi connectivity index (χ4n) is 1.89. The smallest absolute Gasteiger partial charge is 0.354 e. The second-order valence-electron chi connectivity index (χ2n) is 4.40. The van der Waals surface area contributed by atoms with Crippen LogP contribution in [-0.2, 0) is 11.3 Å². The Hall–Kier alpha value is -2.07. The average molecular weight is 258 g/mol. The zero-order chi connectivity index (χ0) is 13.7. The molecule has 4 heteroatoms. The van der Waals surface area contributed by atoms with E-state index in [2.05, 4.69) is 34.1 Å². The molecule has 0 radical (unpaired) electrons. The van der Waals surface area contributed by atoms with Gasteiger partial charge in [0.1, 0.15) is 5.69 Å². The van der Waals surface area contributed by atoms with Crippen LogP contribution in [0.3, 0.4) is 0 Å². The fourth-order valence-corrected chi connectivity index (χ4v) is 1.89. The quantitative estimate of drug-likeness (QED) is 0.811. The molecule has 1 atom stereocenters. The molecule has 0 fully saturated rings. The first-order chi connectivity index (χ1) is 9.20. The van der Waals surface area contributed by atoms with Gasteiger partial charge in [-0.1, -0.05) is 30.3 Å². The summed E-state index contributed by atoms with van der Waals surface area (Å²) in [6.07, 6.45) is 0. The van der Waals surface area contributed by atoms with Crippen molar-refractivity contribution < 1.29 is 9.53 Å². The predicted molar refractivity (Wildman–Crippen MR) is 73.8 cm³/mol. The van der Waals surface area contributed by atoms with Gasteiger partial charge in [-0.3, -0.25) is 0 Å². The van der Waals surface area contributed by atoms with E-state index < -0.39 is 0 Å². The van der Waals surface area contributed by atoms with Crippen molar-refractivity contribution >= 4 is 5.97 Å². The fraction of sp³-hybridized carbons (Fsp3) is 0.267. The highest BCUT2D eigenvalue weighted by Crippen LogP contribution is 2.12. The Bertz CT molecular complexity index is 534. The summed E-state index contributed by atoms with van der Waals surface area (Å²) in [4.78, 5) is 14.3. The van der Waals surface area contributed by atoms with E-state index in [1.165, 1.54) is 12.7 Å². The summed E-state index contributed by atoms with van der Waals surface area (Å²) in [6.45, 7) is 2.78. The number of carbonyl (C=O) groups excluding carboxylic acids is 1. The lowest BCUT2D eigenvalue weighted by Crippen LogP contribution is -2.18. The van der Waals surface area contributed by atoms with Crippen molar-refractivity contribution in [3.8, 4) is 0 Å². The van der Waals surface area contributed by atoms with Crippen molar-refractivity contribution in [2.75, 3.05) is 7.11 Å². The summed E-state index contributed by atoms with van der Waals surface area (Å²) in [5.41, 5.74) is 2.68. The summed E-state index contributed by atoms with van der Waals surface area (Å²) < 4.78 is 4.65. The van der Waals surface area contributed by atoms with E-state index >= 15 is 0 Å². The minimum atomic E-state index is -0.345. The van der Waals surface area contributed by atoms with Crippen molar-refractivity contribution in [1.29, 1.82) is 0 Å². The normalized spacial score (nSPS) is 12.1. The van der Waals surface area contributed by atoms with Gasteiger partial charge in [0, 0.05) is 18.3 Å². The van der Waals surface area contributed by atoms with E-state index in [1.807, 2.05) is 24.3 Å². The molecule has 0 aliphatic heterocycles. The second-order valence-corrected chi connectivity index (χ2v) is 4.40. The number of nitrogens with one attached hydrogen (secondary N) is 2. The van der Waals surface area contributed by atoms with E-state index in [1.54, 1.807) is 6.07 Å². The van der Waals surface area contributed by atoms with Crippen molar-refractivity contribution in [2.45, 2.75) is 19.5 Å². The van der Waals surface area contributed by atoms with Gasteiger partial charge >= 0.3 is 5.97 Å². The number of hydrogen-bond acceptors (Lipinski definition) is 3. The third-order valence-electron chi connectivity index (χ3n) is 3.05. The van der Waals surface area contributed by atoms with Crippen LogP contribution in [0.4, 0.5) is 0 Å². The maximum atomic E-state index is 11.3. The molecule has 0 bridgehead atoms. The summed E-state index contributed by atoms with van der Waals surface area (Å²) >= 11 is 0. The predicted octanol–water partition coefficient (Wildman–Crippen LogP) is 2.65. The highest BCUT2D eigenvalue weighted by atomic mass is 16.5. The van der Waals surface area contributed by atoms with Crippen LogP contribution in [0.15, 0.2) is 42.5 Å². The van der Waals surface area contributed by atoms with Crippen LogP contribution < -0.4 is 5.32 Å². The second kappa shape index (κ2) is 6.20. The Labute approximate surface area is 112 Å². The molecule has 19 heavy (non-hydrogen) atoms. The topological polar surface area (TPSA) is 54.1 Å². The number of benzene rings is 1. The van der Waals surface area contributed by atoms with Gasteiger partial charge in [-0.15, -0.1) is 0 Å². The number of esters is 1. The number of carbonyl (C=O) groups is 1. The van der Waals surface area contributed by atoms with E-state index in [0.717, 1.165) is 5.69 Å². The van der Waals surface area contributed by atoms with Gasteiger partial charge in [-0.05, 0) is 24.6 Å². The highest BCUT2D eigenvalue weighted by molar-refractivity contribution is 5.87. The molecule has 2 aromatic rings. The molecule has 4 nitrogen and oxygen atoms in total. The number of methoxy groups -OCH3 is 1. The van der Waals surface area contributed by atoms with Crippen molar-refractivity contribution in [3.63, 3.8) is 0 Å². The zero-order valence-corrected chi connectivity index (χ0v) is 11.1. The molecule has 0 saturated heterocycles. The molecule has 1 aromatic carbocycles. The highest BCUT2D eigenvalue weighted by Gasteiger charge is 2.09. The minimum absolute atomic E-state index is 0.256. The molecule has 1 heterocycles. The van der Waals surface area contributed by atoms with Crippen LogP contribution >= 0.6 is 0 Å². The largest absolute Gasteiger partial charge is 0.464 e. The molecule has 1 aromatic heterocycles. The Balaban J connectivity index is 1.92. The molecule has 0 aliphatic carbocycles. The van der Waals surface area contributed by atoms with E-state index in [4.69, 9.17) is 0 Å². The summed E-state index contributed by atoms with van der Waals surface area (Å²) in [5, 5.41) is 3.40. The Morgan fingerprint density at radius 2 is 2.00 bits per heavy atom. The van der Waals surface area contributed by atoms with Crippen LogP contribution in [0.25, 0.3) is 0 Å². The molecule has 2 rings (SSSR count). The average Bonchev–Trinajstić information content (AvgIpc) is 2.93. The van der Waals surface area contributed by atoms with Gasteiger partial charge in [-0.25, -0.2) is 4.79 Å². The molecule has 0 amide bonds. The molecular formula is C15H18N2O2. The number of aromatic nitrogens is 1. The van der Waals surface area contributed by atoms with Crippen LogP contribution in [0.2, 0.25) is 0 Å². The first kappa shape index (κ1) is 13.4. The van der Waals surface area contributed by atoms with Gasteiger partial charge in [-0.2, -0.15) is 0 Å². The molecule has 0 saturated carbocycles. The molecule has 0 spiro atoms. The van der Waals surface area contributed by atoms with Gasteiger partial charge in [0.15, 0.2) is 0 Å². The number of rotatable bonds is 5. The van der Waals surface area contributed by atoms with E-state index in [-0.39, 0.29) is 12.0 Å². The Morgan fingerprint density at radius 3 is 2.68 bits per heavy atom. The molecule has 2 N–H and O–H groups in total. The molecular weight excluding hydrogens is 240 g/mol. The summed E-state index contributed by atoms with van der Waals surface area (Å²) in [5.74, 6) is -0.345. The third kappa shape index (κ3) is 3.45. The van der Waals surface area contributed by atoms with Crippen LogP contribution in [0.5, 0.6) is 0 Å². The molecule has 100 valence electrons. The molecule has 0 aliphatic rings. The Morgan fingerprint density at radius 1 is 1.26 bits per heavy atom. The van der Waals surface area contributed by atoms with Crippen molar-refractivity contribution in [3.05, 3.63) is 59.4 Å². The van der Waals surface area contributed by atoms with Gasteiger partial charge in [0.05, 0.1) is 7.11 Å². The number of ether oxygens (including phenoxy) is 1. The first-order valence-electron chi connectivity index (χ1n) is 6.25. The summed E-state index contributed by atoms with van der Waals surface area (Å²) in [6, 6.07) is 14.1. The maximum absolute atomic E-state index is 11.3. The standard InChI is InChI=1S/C15H18N2O2/c1-11(12-6-4-3-5-7-12)16-10-13-8-9-14(17-13)15(18)19-2/h3-9,11,16-17H,10H2,1-2H3/t11-/m0/s1. The van der Waals surface area contributed by atoms with Crippen molar-refractivity contribution in [1.82, 2.24) is 10.3 Å². The maximum Gasteiger partial charge on any atom is 0.354 e. The SMILES string of the molecule is COC(=O)c1ccc(CN[C@@H](C)c2ccccc2)[nH]1.